The Bertz CT molecular complexity index is 519. The molecule has 1 aliphatic carbocycles. The molecule has 3 rings (SSSR count). The molecule has 0 aliphatic heterocycles. The minimum absolute atomic E-state index is 0.312. The molecule has 0 amide bonds. The largest absolute Gasteiger partial charge is 0.463 e. The van der Waals surface area contributed by atoms with E-state index in [0.717, 1.165) is 23.9 Å². The molecule has 5 heteroatoms. The maximum atomic E-state index is 11.6. The molecule has 0 bridgehead atoms. The van der Waals surface area contributed by atoms with Gasteiger partial charge in [-0.05, 0) is 25.0 Å². The SMILES string of the molecule is O=S(Nc1ccc2occc2n1)C1CC1. The van der Waals surface area contributed by atoms with Gasteiger partial charge >= 0.3 is 0 Å². The van der Waals surface area contributed by atoms with Gasteiger partial charge in [0.2, 0.25) is 0 Å². The minimum Gasteiger partial charge on any atom is -0.463 e. The Morgan fingerprint density at radius 1 is 1.40 bits per heavy atom. The molecule has 1 aliphatic rings. The lowest BCUT2D eigenvalue weighted by Gasteiger charge is -2.02. The molecule has 2 aromatic heterocycles. The Balaban J connectivity index is 1.86. The Hall–Kier alpha value is -1.36. The normalized spacial score (nSPS) is 17.9. The molecule has 0 radical (unpaired) electrons. The average molecular weight is 222 g/mol. The monoisotopic (exact) mass is 222 g/mol. The summed E-state index contributed by atoms with van der Waals surface area (Å²) in [5.74, 6) is 0.647. The van der Waals surface area contributed by atoms with Crippen LogP contribution in [0.2, 0.25) is 0 Å². The van der Waals surface area contributed by atoms with E-state index in [-0.39, 0.29) is 0 Å². The van der Waals surface area contributed by atoms with E-state index >= 15 is 0 Å². The quantitative estimate of drug-likeness (QED) is 0.864. The highest BCUT2D eigenvalue weighted by Gasteiger charge is 2.28. The molecule has 0 aromatic carbocycles. The first-order valence-corrected chi connectivity index (χ1v) is 6.06. The van der Waals surface area contributed by atoms with E-state index in [0.29, 0.717) is 11.1 Å². The number of hydrogen-bond acceptors (Lipinski definition) is 3. The average Bonchev–Trinajstić information content (AvgIpc) is 2.98. The lowest BCUT2D eigenvalue weighted by molar-refractivity contribution is 0.615. The molecule has 15 heavy (non-hydrogen) atoms. The number of hydrogen-bond donors (Lipinski definition) is 1. The molecule has 1 N–H and O–H groups in total. The number of nitrogens with zero attached hydrogens (tertiary/aromatic N) is 1. The third kappa shape index (κ3) is 1.74. The molecule has 1 fully saturated rings. The predicted molar refractivity (Wildman–Crippen MR) is 58.8 cm³/mol. The number of anilines is 1. The topological polar surface area (TPSA) is 55.1 Å². The summed E-state index contributed by atoms with van der Waals surface area (Å²) in [6.45, 7) is 0. The molecule has 0 spiro atoms. The number of pyridine rings is 1. The van der Waals surface area contributed by atoms with E-state index in [2.05, 4.69) is 9.71 Å². The third-order valence-electron chi connectivity index (χ3n) is 2.34. The summed E-state index contributed by atoms with van der Waals surface area (Å²) < 4.78 is 19.7. The van der Waals surface area contributed by atoms with Crippen LogP contribution in [0.5, 0.6) is 0 Å². The molecular weight excluding hydrogens is 212 g/mol. The first-order chi connectivity index (χ1) is 7.33. The second-order valence-electron chi connectivity index (χ2n) is 3.60. The first-order valence-electron chi connectivity index (χ1n) is 4.84. The number of fused-ring (bicyclic) bond motifs is 1. The highest BCUT2D eigenvalue weighted by atomic mass is 32.2. The van der Waals surface area contributed by atoms with Gasteiger partial charge in [-0.1, -0.05) is 0 Å². The fraction of sp³-hybridized carbons (Fsp3) is 0.300. The molecule has 1 saturated carbocycles. The summed E-state index contributed by atoms with van der Waals surface area (Å²) in [4.78, 5) is 4.29. The van der Waals surface area contributed by atoms with Crippen molar-refractivity contribution in [2.75, 3.05) is 4.72 Å². The number of aromatic nitrogens is 1. The minimum atomic E-state index is -0.985. The van der Waals surface area contributed by atoms with Crippen molar-refractivity contribution in [3.8, 4) is 0 Å². The zero-order chi connectivity index (χ0) is 10.3. The standard InChI is InChI=1S/C10H10N2O2S/c13-15(7-1-2-7)12-10-4-3-9-8(11-10)5-6-14-9/h3-7H,1-2H2,(H,11,12). The van der Waals surface area contributed by atoms with Gasteiger partial charge in [0, 0.05) is 6.07 Å². The second kappa shape index (κ2) is 3.34. The molecule has 4 nitrogen and oxygen atoms in total. The van der Waals surface area contributed by atoms with Crippen molar-refractivity contribution >= 4 is 27.9 Å². The van der Waals surface area contributed by atoms with Crippen molar-refractivity contribution in [2.24, 2.45) is 0 Å². The maximum absolute atomic E-state index is 11.6. The summed E-state index contributed by atoms with van der Waals surface area (Å²) in [6.07, 6.45) is 3.69. The third-order valence-corrected chi connectivity index (χ3v) is 3.83. The fourth-order valence-electron chi connectivity index (χ4n) is 1.38. The molecule has 78 valence electrons. The van der Waals surface area contributed by atoms with Gasteiger partial charge in [0.15, 0.2) is 5.58 Å². The smallest absolute Gasteiger partial charge is 0.152 e. The van der Waals surface area contributed by atoms with Gasteiger partial charge in [0.1, 0.15) is 22.3 Å². The van der Waals surface area contributed by atoms with Crippen LogP contribution in [-0.4, -0.2) is 14.4 Å². The van der Waals surface area contributed by atoms with Gasteiger partial charge in [-0.25, -0.2) is 9.19 Å². The Kier molecular flexibility index (Phi) is 1.98. The van der Waals surface area contributed by atoms with Crippen LogP contribution in [0, 0.1) is 0 Å². The highest BCUT2D eigenvalue weighted by molar-refractivity contribution is 7.87. The number of nitrogens with one attached hydrogen (secondary N) is 1. The van der Waals surface area contributed by atoms with E-state index in [9.17, 15) is 4.21 Å². The van der Waals surface area contributed by atoms with Gasteiger partial charge in [-0.3, -0.25) is 4.72 Å². The second-order valence-corrected chi connectivity index (χ2v) is 5.06. The maximum Gasteiger partial charge on any atom is 0.152 e. The van der Waals surface area contributed by atoms with Gasteiger partial charge in [-0.15, -0.1) is 0 Å². The van der Waals surface area contributed by atoms with Crippen molar-refractivity contribution in [2.45, 2.75) is 18.1 Å². The predicted octanol–water partition coefficient (Wildman–Crippen LogP) is 2.07. The van der Waals surface area contributed by atoms with Crippen molar-refractivity contribution in [1.29, 1.82) is 0 Å². The molecule has 1 atom stereocenters. The zero-order valence-corrected chi connectivity index (χ0v) is 8.79. The van der Waals surface area contributed by atoms with Gasteiger partial charge in [0.25, 0.3) is 0 Å². The van der Waals surface area contributed by atoms with Crippen molar-refractivity contribution in [1.82, 2.24) is 4.98 Å². The van der Waals surface area contributed by atoms with Crippen LogP contribution in [0.15, 0.2) is 28.9 Å². The van der Waals surface area contributed by atoms with Crippen LogP contribution < -0.4 is 4.72 Å². The fourth-order valence-corrected chi connectivity index (χ4v) is 2.43. The Labute approximate surface area is 89.3 Å². The van der Waals surface area contributed by atoms with Gasteiger partial charge < -0.3 is 4.42 Å². The Morgan fingerprint density at radius 3 is 3.07 bits per heavy atom. The van der Waals surface area contributed by atoms with E-state index in [1.165, 1.54) is 0 Å². The van der Waals surface area contributed by atoms with E-state index in [1.807, 2.05) is 6.07 Å². The molecule has 1 unspecified atom stereocenters. The summed E-state index contributed by atoms with van der Waals surface area (Å²) in [5, 5.41) is 0.312. The Morgan fingerprint density at radius 2 is 2.27 bits per heavy atom. The molecule has 2 aromatic rings. The first kappa shape index (κ1) is 8.91. The molecule has 2 heterocycles. The van der Waals surface area contributed by atoms with E-state index in [4.69, 9.17) is 4.42 Å². The highest BCUT2D eigenvalue weighted by Crippen LogP contribution is 2.27. The van der Waals surface area contributed by atoms with Crippen LogP contribution >= 0.6 is 0 Å². The van der Waals surface area contributed by atoms with Crippen molar-refractivity contribution in [3.05, 3.63) is 24.5 Å². The van der Waals surface area contributed by atoms with Crippen LogP contribution in [-0.2, 0) is 11.0 Å². The lowest BCUT2D eigenvalue weighted by atomic mass is 10.4. The van der Waals surface area contributed by atoms with Crippen molar-refractivity contribution in [3.63, 3.8) is 0 Å². The summed E-state index contributed by atoms with van der Waals surface area (Å²) in [6, 6.07) is 5.40. The lowest BCUT2D eigenvalue weighted by Crippen LogP contribution is -2.09. The van der Waals surface area contributed by atoms with Crippen molar-refractivity contribution < 1.29 is 8.63 Å². The van der Waals surface area contributed by atoms with Gasteiger partial charge in [-0.2, -0.15) is 0 Å². The number of furan rings is 1. The van der Waals surface area contributed by atoms with Gasteiger partial charge in [0.05, 0.1) is 11.5 Å². The number of rotatable bonds is 3. The van der Waals surface area contributed by atoms with E-state index in [1.54, 1.807) is 18.4 Å². The summed E-state index contributed by atoms with van der Waals surface area (Å²) in [7, 11) is -0.985. The van der Waals surface area contributed by atoms with E-state index < -0.39 is 11.0 Å². The van der Waals surface area contributed by atoms with Crippen LogP contribution in [0.4, 0.5) is 5.82 Å². The summed E-state index contributed by atoms with van der Waals surface area (Å²) in [5.41, 5.74) is 1.53. The van der Waals surface area contributed by atoms with Crippen LogP contribution in [0.3, 0.4) is 0 Å². The summed E-state index contributed by atoms with van der Waals surface area (Å²) >= 11 is 0. The van der Waals surface area contributed by atoms with Crippen LogP contribution in [0.25, 0.3) is 11.1 Å². The van der Waals surface area contributed by atoms with Crippen LogP contribution in [0.1, 0.15) is 12.8 Å². The molecule has 0 saturated heterocycles. The zero-order valence-electron chi connectivity index (χ0n) is 7.97. The molecular formula is C10H10N2O2S.